The molecule has 1 aromatic rings. The van der Waals surface area contributed by atoms with E-state index in [1.54, 1.807) is 0 Å². The van der Waals surface area contributed by atoms with Crippen LogP contribution in [0.2, 0.25) is 0 Å². The van der Waals surface area contributed by atoms with Crippen molar-refractivity contribution in [3.8, 4) is 0 Å². The molecule has 1 aromatic carbocycles. The zero-order valence-electron chi connectivity index (χ0n) is 10.6. The normalized spacial score (nSPS) is 10.2. The van der Waals surface area contributed by atoms with Gasteiger partial charge in [-0.25, -0.2) is 0 Å². The van der Waals surface area contributed by atoms with Gasteiger partial charge in [0.2, 0.25) is 5.91 Å². The van der Waals surface area contributed by atoms with Crippen LogP contribution in [-0.2, 0) is 4.79 Å². The maximum Gasteiger partial charge on any atom is 0.217 e. The molecule has 0 spiro atoms. The molecule has 0 bridgehead atoms. The number of carbonyl (C=O) groups excluding carboxylic acids is 1. The Labute approximate surface area is 104 Å². The van der Waals surface area contributed by atoms with E-state index in [-0.39, 0.29) is 5.91 Å². The van der Waals surface area contributed by atoms with Gasteiger partial charge in [-0.15, -0.1) is 0 Å². The largest absolute Gasteiger partial charge is 0.372 e. The molecule has 94 valence electrons. The Balaban J connectivity index is 2.41. The fourth-order valence-electron chi connectivity index (χ4n) is 1.88. The van der Waals surface area contributed by atoms with E-state index in [1.165, 1.54) is 5.69 Å². The van der Waals surface area contributed by atoms with Crippen LogP contribution < -0.4 is 10.6 Å². The first kappa shape index (κ1) is 13.6. The summed E-state index contributed by atoms with van der Waals surface area (Å²) >= 11 is 0. The summed E-state index contributed by atoms with van der Waals surface area (Å²) in [7, 11) is 0. The Hall–Kier alpha value is -1.51. The second kappa shape index (κ2) is 7.71. The van der Waals surface area contributed by atoms with E-state index < -0.39 is 0 Å². The van der Waals surface area contributed by atoms with Crippen LogP contribution in [0.25, 0.3) is 0 Å². The molecule has 0 aliphatic rings. The van der Waals surface area contributed by atoms with E-state index in [0.717, 1.165) is 32.4 Å². The fraction of sp³-hybridized carbons (Fsp3) is 0.500. The van der Waals surface area contributed by atoms with Gasteiger partial charge in [0.15, 0.2) is 0 Å². The van der Waals surface area contributed by atoms with E-state index in [0.29, 0.717) is 6.42 Å². The average Bonchev–Trinajstić information content (AvgIpc) is 2.34. The summed E-state index contributed by atoms with van der Waals surface area (Å²) in [6.45, 7) is 4.23. The van der Waals surface area contributed by atoms with Crippen molar-refractivity contribution in [3.63, 3.8) is 0 Å². The average molecular weight is 234 g/mol. The van der Waals surface area contributed by atoms with Crippen molar-refractivity contribution >= 4 is 11.6 Å². The minimum absolute atomic E-state index is 0.202. The molecular weight excluding hydrogens is 212 g/mol. The highest BCUT2D eigenvalue weighted by atomic mass is 16.1. The lowest BCUT2D eigenvalue weighted by molar-refractivity contribution is -0.118. The third-order valence-corrected chi connectivity index (χ3v) is 2.72. The monoisotopic (exact) mass is 234 g/mol. The zero-order valence-corrected chi connectivity index (χ0v) is 10.6. The number of benzene rings is 1. The number of hydrogen-bond acceptors (Lipinski definition) is 2. The highest BCUT2D eigenvalue weighted by Gasteiger charge is 2.04. The molecule has 2 N–H and O–H groups in total. The smallest absolute Gasteiger partial charge is 0.217 e. The van der Waals surface area contributed by atoms with E-state index in [1.807, 2.05) is 6.07 Å². The zero-order chi connectivity index (χ0) is 12.5. The fourth-order valence-corrected chi connectivity index (χ4v) is 1.88. The third kappa shape index (κ3) is 5.38. The van der Waals surface area contributed by atoms with Gasteiger partial charge in [0.05, 0.1) is 0 Å². The molecule has 3 nitrogen and oxygen atoms in total. The van der Waals surface area contributed by atoms with Crippen LogP contribution in [-0.4, -0.2) is 19.0 Å². The van der Waals surface area contributed by atoms with Gasteiger partial charge < -0.3 is 10.6 Å². The van der Waals surface area contributed by atoms with Crippen LogP contribution in [0.1, 0.15) is 32.6 Å². The molecular formula is C14H22N2O. The summed E-state index contributed by atoms with van der Waals surface area (Å²) in [6.07, 6.45) is 3.51. The van der Waals surface area contributed by atoms with Crippen molar-refractivity contribution in [2.24, 2.45) is 5.73 Å². The molecule has 0 unspecified atom stereocenters. The van der Waals surface area contributed by atoms with Crippen molar-refractivity contribution in [3.05, 3.63) is 30.3 Å². The van der Waals surface area contributed by atoms with Gasteiger partial charge in [-0.05, 0) is 31.4 Å². The molecule has 0 aliphatic carbocycles. The number of hydrogen-bond donors (Lipinski definition) is 1. The van der Waals surface area contributed by atoms with E-state index in [2.05, 4.69) is 36.1 Å². The molecule has 0 aromatic heterocycles. The Morgan fingerprint density at radius 1 is 1.18 bits per heavy atom. The minimum atomic E-state index is -0.202. The van der Waals surface area contributed by atoms with E-state index in [9.17, 15) is 4.79 Å². The van der Waals surface area contributed by atoms with Gasteiger partial charge in [-0.3, -0.25) is 4.79 Å². The number of carbonyl (C=O) groups is 1. The Morgan fingerprint density at radius 2 is 1.88 bits per heavy atom. The SMILES string of the molecule is CCCN(CCCCC(N)=O)c1ccccc1. The molecule has 0 radical (unpaired) electrons. The van der Waals surface area contributed by atoms with Crippen molar-refractivity contribution in [1.82, 2.24) is 0 Å². The van der Waals surface area contributed by atoms with Crippen LogP contribution in [0.3, 0.4) is 0 Å². The van der Waals surface area contributed by atoms with Gasteiger partial charge in [0, 0.05) is 25.2 Å². The van der Waals surface area contributed by atoms with Crippen molar-refractivity contribution in [2.75, 3.05) is 18.0 Å². The van der Waals surface area contributed by atoms with Gasteiger partial charge in [0.25, 0.3) is 0 Å². The Morgan fingerprint density at radius 3 is 2.47 bits per heavy atom. The summed E-state index contributed by atoms with van der Waals surface area (Å²) in [6, 6.07) is 10.4. The quantitative estimate of drug-likeness (QED) is 0.703. The number of amides is 1. The van der Waals surface area contributed by atoms with Crippen molar-refractivity contribution in [2.45, 2.75) is 32.6 Å². The summed E-state index contributed by atoms with van der Waals surface area (Å²) < 4.78 is 0. The highest BCUT2D eigenvalue weighted by molar-refractivity contribution is 5.73. The Kier molecular flexibility index (Phi) is 6.15. The predicted molar refractivity (Wildman–Crippen MR) is 72.0 cm³/mol. The van der Waals surface area contributed by atoms with Gasteiger partial charge in [-0.1, -0.05) is 25.1 Å². The van der Waals surface area contributed by atoms with Gasteiger partial charge in [0.1, 0.15) is 0 Å². The molecule has 0 aliphatic heterocycles. The number of nitrogens with zero attached hydrogens (tertiary/aromatic N) is 1. The van der Waals surface area contributed by atoms with Crippen LogP contribution >= 0.6 is 0 Å². The maximum atomic E-state index is 10.6. The van der Waals surface area contributed by atoms with E-state index in [4.69, 9.17) is 5.73 Å². The summed E-state index contributed by atoms with van der Waals surface area (Å²) in [5.74, 6) is -0.202. The summed E-state index contributed by atoms with van der Waals surface area (Å²) in [5, 5.41) is 0. The topological polar surface area (TPSA) is 46.3 Å². The molecule has 1 rings (SSSR count). The first-order valence-corrected chi connectivity index (χ1v) is 6.32. The highest BCUT2D eigenvalue weighted by Crippen LogP contribution is 2.14. The number of rotatable bonds is 8. The van der Waals surface area contributed by atoms with Crippen molar-refractivity contribution < 1.29 is 4.79 Å². The minimum Gasteiger partial charge on any atom is -0.372 e. The van der Waals surface area contributed by atoms with Crippen LogP contribution in [0, 0.1) is 0 Å². The van der Waals surface area contributed by atoms with Gasteiger partial charge in [-0.2, -0.15) is 0 Å². The van der Waals surface area contributed by atoms with Crippen LogP contribution in [0.5, 0.6) is 0 Å². The lowest BCUT2D eigenvalue weighted by Gasteiger charge is -2.24. The number of unbranched alkanes of at least 4 members (excludes halogenated alkanes) is 1. The standard InChI is InChI=1S/C14H22N2O/c1-2-11-16(12-7-6-10-14(15)17)13-8-4-3-5-9-13/h3-5,8-9H,2,6-7,10-12H2,1H3,(H2,15,17). The lowest BCUT2D eigenvalue weighted by Crippen LogP contribution is -2.25. The predicted octanol–water partition coefficient (Wildman–Crippen LogP) is 2.56. The first-order chi connectivity index (χ1) is 8.24. The molecule has 1 amide bonds. The molecule has 0 saturated heterocycles. The van der Waals surface area contributed by atoms with Gasteiger partial charge >= 0.3 is 0 Å². The number of para-hydroxylation sites is 1. The van der Waals surface area contributed by atoms with Crippen molar-refractivity contribution in [1.29, 1.82) is 0 Å². The second-order valence-corrected chi connectivity index (χ2v) is 4.25. The molecule has 17 heavy (non-hydrogen) atoms. The molecule has 3 heteroatoms. The van der Waals surface area contributed by atoms with E-state index >= 15 is 0 Å². The maximum absolute atomic E-state index is 10.6. The number of anilines is 1. The summed E-state index contributed by atoms with van der Waals surface area (Å²) in [4.78, 5) is 13.0. The third-order valence-electron chi connectivity index (χ3n) is 2.72. The molecule has 0 saturated carbocycles. The van der Waals surface area contributed by atoms with Crippen LogP contribution in [0.15, 0.2) is 30.3 Å². The summed E-state index contributed by atoms with van der Waals surface area (Å²) in [5.41, 5.74) is 6.38. The molecule has 0 atom stereocenters. The number of primary amides is 1. The molecule has 0 fully saturated rings. The number of nitrogens with two attached hydrogens (primary N) is 1. The second-order valence-electron chi connectivity index (χ2n) is 4.25. The van der Waals surface area contributed by atoms with Crippen LogP contribution in [0.4, 0.5) is 5.69 Å². The lowest BCUT2D eigenvalue weighted by atomic mass is 10.2. The first-order valence-electron chi connectivity index (χ1n) is 6.32. The Bertz CT molecular complexity index is 324. The molecule has 0 heterocycles.